The molecule has 0 amide bonds. The summed E-state index contributed by atoms with van der Waals surface area (Å²) in [4.78, 5) is 0. The van der Waals surface area contributed by atoms with Gasteiger partial charge >= 0.3 is 0 Å². The maximum atomic E-state index is 12.0. The van der Waals surface area contributed by atoms with Gasteiger partial charge in [0, 0.05) is 27.8 Å². The molecule has 0 bridgehead atoms. The highest BCUT2D eigenvalue weighted by Crippen LogP contribution is 2.24. The van der Waals surface area contributed by atoms with E-state index in [-0.39, 0.29) is 0 Å². The Kier molecular flexibility index (Phi) is 5.83. The van der Waals surface area contributed by atoms with Crippen molar-refractivity contribution in [3.8, 4) is 0 Å². The van der Waals surface area contributed by atoms with Crippen LogP contribution in [0.3, 0.4) is 0 Å². The Bertz CT molecular complexity index is 206. The molecule has 3 atom stereocenters. The molecule has 1 fully saturated rings. The lowest BCUT2D eigenvalue weighted by Gasteiger charge is -2.13. The fraction of sp³-hybridized carbons (Fsp3) is 1.00. The summed E-state index contributed by atoms with van der Waals surface area (Å²) < 4.78 is 12.0. The normalized spacial score (nSPS) is 28.5. The van der Waals surface area contributed by atoms with E-state index in [4.69, 9.17) is 0 Å². The Hall–Kier alpha value is 0.110. The second-order valence-corrected chi connectivity index (χ2v) is 6.79. The van der Waals surface area contributed by atoms with E-state index in [1.807, 2.05) is 0 Å². The molecule has 2 nitrogen and oxygen atoms in total. The standard InChI is InChI=1S/C12H25NOS/c1-4-7-13-11-5-6-12(8-11)15(14)9-10(2)3/h10-13H,4-9H2,1-3H3. The van der Waals surface area contributed by atoms with Gasteiger partial charge in [0.25, 0.3) is 0 Å². The van der Waals surface area contributed by atoms with Crippen LogP contribution in [0.2, 0.25) is 0 Å². The SMILES string of the molecule is CCCNC1CCC(S(=O)CC(C)C)C1. The number of hydrogen-bond donors (Lipinski definition) is 1. The molecule has 0 saturated heterocycles. The summed E-state index contributed by atoms with van der Waals surface area (Å²) in [6, 6.07) is 0.631. The van der Waals surface area contributed by atoms with E-state index < -0.39 is 10.8 Å². The molecule has 0 aromatic carbocycles. The quantitative estimate of drug-likeness (QED) is 0.760. The van der Waals surface area contributed by atoms with Crippen molar-refractivity contribution in [3.05, 3.63) is 0 Å². The second-order valence-electron chi connectivity index (χ2n) is 5.03. The molecule has 1 N–H and O–H groups in total. The van der Waals surface area contributed by atoms with Crippen molar-refractivity contribution in [3.63, 3.8) is 0 Å². The maximum absolute atomic E-state index is 12.0. The van der Waals surface area contributed by atoms with E-state index in [1.165, 1.54) is 12.8 Å². The molecule has 0 aromatic heterocycles. The van der Waals surface area contributed by atoms with Crippen molar-refractivity contribution >= 4 is 10.8 Å². The van der Waals surface area contributed by atoms with Crippen molar-refractivity contribution in [2.75, 3.05) is 12.3 Å². The van der Waals surface area contributed by atoms with E-state index in [2.05, 4.69) is 26.1 Å². The molecule has 1 aliphatic carbocycles. The topological polar surface area (TPSA) is 29.1 Å². The first-order valence-electron chi connectivity index (χ1n) is 6.24. The number of hydrogen-bond acceptors (Lipinski definition) is 2. The van der Waals surface area contributed by atoms with Gasteiger partial charge in [-0.05, 0) is 38.1 Å². The maximum Gasteiger partial charge on any atom is 0.0363 e. The van der Waals surface area contributed by atoms with E-state index >= 15 is 0 Å². The van der Waals surface area contributed by atoms with Gasteiger partial charge in [0.05, 0.1) is 0 Å². The largest absolute Gasteiger partial charge is 0.314 e. The molecule has 0 radical (unpaired) electrons. The summed E-state index contributed by atoms with van der Waals surface area (Å²) in [6.45, 7) is 7.60. The zero-order valence-corrected chi connectivity index (χ0v) is 11.1. The molecule has 3 unspecified atom stereocenters. The van der Waals surface area contributed by atoms with Crippen LogP contribution in [0, 0.1) is 5.92 Å². The van der Waals surface area contributed by atoms with Crippen LogP contribution in [0.5, 0.6) is 0 Å². The van der Waals surface area contributed by atoms with Crippen LogP contribution in [-0.4, -0.2) is 27.8 Å². The lowest BCUT2D eigenvalue weighted by Crippen LogP contribution is -2.28. The van der Waals surface area contributed by atoms with Crippen molar-refractivity contribution in [2.24, 2.45) is 5.92 Å². The third-order valence-electron chi connectivity index (χ3n) is 2.94. The van der Waals surface area contributed by atoms with E-state index in [0.29, 0.717) is 17.2 Å². The third-order valence-corrected chi connectivity index (χ3v) is 5.10. The van der Waals surface area contributed by atoms with Crippen LogP contribution in [-0.2, 0) is 10.8 Å². The van der Waals surface area contributed by atoms with Gasteiger partial charge in [0.1, 0.15) is 0 Å². The Balaban J connectivity index is 2.26. The molecule has 0 aromatic rings. The third kappa shape index (κ3) is 4.64. The van der Waals surface area contributed by atoms with Gasteiger partial charge in [-0.1, -0.05) is 20.8 Å². The highest BCUT2D eigenvalue weighted by Gasteiger charge is 2.28. The van der Waals surface area contributed by atoms with Crippen LogP contribution in [0.15, 0.2) is 0 Å². The van der Waals surface area contributed by atoms with Crippen LogP contribution in [0.1, 0.15) is 46.5 Å². The van der Waals surface area contributed by atoms with Crippen LogP contribution in [0.4, 0.5) is 0 Å². The van der Waals surface area contributed by atoms with Gasteiger partial charge in [-0.15, -0.1) is 0 Å². The molecule has 3 heteroatoms. The fourth-order valence-electron chi connectivity index (χ4n) is 2.18. The predicted octanol–water partition coefficient (Wildman–Crippen LogP) is 2.31. The van der Waals surface area contributed by atoms with Crippen molar-refractivity contribution in [2.45, 2.75) is 57.7 Å². The minimum absolute atomic E-state index is 0.460. The monoisotopic (exact) mass is 231 g/mol. The summed E-state index contributed by atoms with van der Waals surface area (Å²) >= 11 is 0. The van der Waals surface area contributed by atoms with Crippen LogP contribution in [0.25, 0.3) is 0 Å². The highest BCUT2D eigenvalue weighted by molar-refractivity contribution is 7.85. The Morgan fingerprint density at radius 1 is 1.40 bits per heavy atom. The molecule has 15 heavy (non-hydrogen) atoms. The lowest BCUT2D eigenvalue weighted by atomic mass is 10.2. The van der Waals surface area contributed by atoms with Crippen LogP contribution >= 0.6 is 0 Å². The molecule has 90 valence electrons. The van der Waals surface area contributed by atoms with Gasteiger partial charge in [-0.2, -0.15) is 0 Å². The molecule has 0 heterocycles. The number of nitrogens with one attached hydrogen (secondary N) is 1. The molecule has 0 spiro atoms. The summed E-state index contributed by atoms with van der Waals surface area (Å²) in [5.41, 5.74) is 0. The van der Waals surface area contributed by atoms with E-state index in [1.54, 1.807) is 0 Å². The van der Waals surface area contributed by atoms with Gasteiger partial charge in [0.2, 0.25) is 0 Å². The minimum atomic E-state index is -0.592. The minimum Gasteiger partial charge on any atom is -0.314 e. The molecular formula is C12H25NOS. The van der Waals surface area contributed by atoms with Crippen molar-refractivity contribution in [1.29, 1.82) is 0 Å². The molecule has 1 aliphatic rings. The zero-order chi connectivity index (χ0) is 11.3. The first-order valence-corrected chi connectivity index (χ1v) is 7.62. The van der Waals surface area contributed by atoms with Crippen LogP contribution < -0.4 is 5.32 Å². The molecule has 1 saturated carbocycles. The first kappa shape index (κ1) is 13.2. The zero-order valence-electron chi connectivity index (χ0n) is 10.3. The first-order chi connectivity index (χ1) is 7.13. The summed E-state index contributed by atoms with van der Waals surface area (Å²) in [7, 11) is -0.592. The Labute approximate surface area is 96.7 Å². The summed E-state index contributed by atoms with van der Waals surface area (Å²) in [6.07, 6.45) is 4.69. The number of rotatable bonds is 6. The van der Waals surface area contributed by atoms with Crippen molar-refractivity contribution < 1.29 is 4.21 Å². The fourth-order valence-corrected chi connectivity index (χ4v) is 3.95. The van der Waals surface area contributed by atoms with Gasteiger partial charge < -0.3 is 5.32 Å². The summed E-state index contributed by atoms with van der Waals surface area (Å²) in [5.74, 6) is 1.44. The van der Waals surface area contributed by atoms with Crippen molar-refractivity contribution in [1.82, 2.24) is 5.32 Å². The summed E-state index contributed by atoms with van der Waals surface area (Å²) in [5, 5.41) is 3.99. The Morgan fingerprint density at radius 3 is 2.73 bits per heavy atom. The van der Waals surface area contributed by atoms with Gasteiger partial charge in [-0.25, -0.2) is 0 Å². The molecule has 1 rings (SSSR count). The molecule has 0 aliphatic heterocycles. The smallest absolute Gasteiger partial charge is 0.0363 e. The average molecular weight is 231 g/mol. The van der Waals surface area contributed by atoms with Gasteiger partial charge in [0.15, 0.2) is 0 Å². The average Bonchev–Trinajstić information content (AvgIpc) is 2.62. The predicted molar refractivity (Wildman–Crippen MR) is 67.6 cm³/mol. The highest BCUT2D eigenvalue weighted by atomic mass is 32.2. The Morgan fingerprint density at radius 2 is 2.13 bits per heavy atom. The van der Waals surface area contributed by atoms with E-state index in [9.17, 15) is 4.21 Å². The van der Waals surface area contributed by atoms with Gasteiger partial charge in [-0.3, -0.25) is 4.21 Å². The molecular weight excluding hydrogens is 206 g/mol. The second kappa shape index (κ2) is 6.64. The lowest BCUT2D eigenvalue weighted by molar-refractivity contribution is 0.523. The van der Waals surface area contributed by atoms with E-state index in [0.717, 1.165) is 25.1 Å².